The average Bonchev–Trinajstić information content (AvgIpc) is 2.50. The second-order valence-electron chi connectivity index (χ2n) is 4.97. The Morgan fingerprint density at radius 1 is 0.857 bits per heavy atom. The van der Waals surface area contributed by atoms with Crippen LogP contribution in [0, 0.1) is 0 Å². The van der Waals surface area contributed by atoms with Crippen LogP contribution in [0.5, 0.6) is 0 Å². The first-order valence-electron chi connectivity index (χ1n) is 7.69. The fourth-order valence-electron chi connectivity index (χ4n) is 1.94. The van der Waals surface area contributed by atoms with Gasteiger partial charge in [0.15, 0.2) is 0 Å². The standard InChI is InChI=1S/C16H26O4S/c1-2-3-4-5-6-10-13-19-14-15-20-21(17,18)16-11-8-7-9-12-16/h7-9,11-12H,2-6,10,13-15H2,1H3. The number of ether oxygens (including phenoxy) is 1. The summed E-state index contributed by atoms with van der Waals surface area (Å²) in [5.74, 6) is 0. The average molecular weight is 314 g/mol. The molecule has 0 aliphatic heterocycles. The molecule has 0 aromatic heterocycles. The maximum absolute atomic E-state index is 11.8. The van der Waals surface area contributed by atoms with Crippen molar-refractivity contribution in [1.29, 1.82) is 0 Å². The van der Waals surface area contributed by atoms with Gasteiger partial charge in [0.1, 0.15) is 0 Å². The normalized spacial score (nSPS) is 11.7. The quantitative estimate of drug-likeness (QED) is 0.435. The molecule has 21 heavy (non-hydrogen) atoms. The highest BCUT2D eigenvalue weighted by atomic mass is 32.2. The Bertz CT molecular complexity index is 456. The first-order chi connectivity index (χ1) is 10.2. The molecule has 0 heterocycles. The van der Waals surface area contributed by atoms with Gasteiger partial charge in [-0.25, -0.2) is 0 Å². The minimum absolute atomic E-state index is 0.0626. The van der Waals surface area contributed by atoms with Crippen molar-refractivity contribution in [1.82, 2.24) is 0 Å². The lowest BCUT2D eigenvalue weighted by Gasteiger charge is -2.06. The second-order valence-corrected chi connectivity index (χ2v) is 6.58. The number of hydrogen-bond acceptors (Lipinski definition) is 4. The summed E-state index contributed by atoms with van der Waals surface area (Å²) in [6.07, 6.45) is 7.28. The van der Waals surface area contributed by atoms with Gasteiger partial charge in [0, 0.05) is 6.61 Å². The first kappa shape index (κ1) is 18.1. The van der Waals surface area contributed by atoms with Crippen molar-refractivity contribution in [3.05, 3.63) is 30.3 Å². The molecule has 120 valence electrons. The SMILES string of the molecule is CCCCCCCCOCCOS(=O)(=O)c1ccccc1. The Morgan fingerprint density at radius 2 is 1.52 bits per heavy atom. The third kappa shape index (κ3) is 8.19. The van der Waals surface area contributed by atoms with Crippen LogP contribution in [0.15, 0.2) is 35.2 Å². The molecule has 0 fully saturated rings. The summed E-state index contributed by atoms with van der Waals surface area (Å²) in [7, 11) is -3.65. The van der Waals surface area contributed by atoms with Gasteiger partial charge in [-0.2, -0.15) is 8.42 Å². The van der Waals surface area contributed by atoms with E-state index in [1.807, 2.05) is 0 Å². The number of unbranched alkanes of at least 4 members (excludes halogenated alkanes) is 5. The van der Waals surface area contributed by atoms with Gasteiger partial charge < -0.3 is 4.74 Å². The number of benzene rings is 1. The number of hydrogen-bond donors (Lipinski definition) is 0. The van der Waals surface area contributed by atoms with Crippen LogP contribution in [0.25, 0.3) is 0 Å². The lowest BCUT2D eigenvalue weighted by Crippen LogP contribution is -2.12. The minimum atomic E-state index is -3.65. The molecule has 0 unspecified atom stereocenters. The highest BCUT2D eigenvalue weighted by molar-refractivity contribution is 7.86. The van der Waals surface area contributed by atoms with Gasteiger partial charge in [-0.1, -0.05) is 57.2 Å². The highest BCUT2D eigenvalue weighted by Crippen LogP contribution is 2.11. The third-order valence-electron chi connectivity index (χ3n) is 3.14. The third-order valence-corrected chi connectivity index (χ3v) is 4.47. The predicted octanol–water partition coefficient (Wildman–Crippen LogP) is 3.77. The van der Waals surface area contributed by atoms with E-state index < -0.39 is 10.1 Å². The first-order valence-corrected chi connectivity index (χ1v) is 9.10. The van der Waals surface area contributed by atoms with Crippen LogP contribution in [-0.2, 0) is 19.0 Å². The fourth-order valence-corrected chi connectivity index (χ4v) is 2.86. The zero-order chi connectivity index (χ0) is 15.4. The smallest absolute Gasteiger partial charge is 0.297 e. The molecule has 0 saturated carbocycles. The summed E-state index contributed by atoms with van der Waals surface area (Å²) in [4.78, 5) is 0.181. The molecule has 0 radical (unpaired) electrons. The second kappa shape index (κ2) is 10.8. The Morgan fingerprint density at radius 3 is 2.24 bits per heavy atom. The molecule has 1 aromatic carbocycles. The zero-order valence-electron chi connectivity index (χ0n) is 12.8. The summed E-state index contributed by atoms with van der Waals surface area (Å²) < 4.78 is 33.9. The highest BCUT2D eigenvalue weighted by Gasteiger charge is 2.13. The van der Waals surface area contributed by atoms with Gasteiger partial charge in [-0.05, 0) is 18.6 Å². The van der Waals surface area contributed by atoms with E-state index in [1.54, 1.807) is 18.2 Å². The molecule has 1 rings (SSSR count). The van der Waals surface area contributed by atoms with Gasteiger partial charge in [0.05, 0.1) is 18.1 Å². The Labute approximate surface area is 128 Å². The minimum Gasteiger partial charge on any atom is -0.379 e. The van der Waals surface area contributed by atoms with Crippen molar-refractivity contribution >= 4 is 10.1 Å². The molecule has 0 aliphatic carbocycles. The molecule has 0 amide bonds. The molecule has 0 N–H and O–H groups in total. The van der Waals surface area contributed by atoms with Crippen LogP contribution in [0.3, 0.4) is 0 Å². The number of rotatable bonds is 12. The van der Waals surface area contributed by atoms with Gasteiger partial charge in [-0.3, -0.25) is 4.18 Å². The van der Waals surface area contributed by atoms with E-state index in [0.29, 0.717) is 13.2 Å². The van der Waals surface area contributed by atoms with Crippen LogP contribution in [0.2, 0.25) is 0 Å². The van der Waals surface area contributed by atoms with Crippen molar-refractivity contribution in [2.75, 3.05) is 19.8 Å². The molecular formula is C16H26O4S. The lowest BCUT2D eigenvalue weighted by atomic mass is 10.1. The van der Waals surface area contributed by atoms with Crippen molar-refractivity contribution in [3.8, 4) is 0 Å². The van der Waals surface area contributed by atoms with E-state index in [2.05, 4.69) is 6.92 Å². The van der Waals surface area contributed by atoms with Crippen LogP contribution in [0.1, 0.15) is 45.4 Å². The summed E-state index contributed by atoms with van der Waals surface area (Å²) in [5, 5.41) is 0. The molecule has 0 spiro atoms. The van der Waals surface area contributed by atoms with Crippen LogP contribution in [0.4, 0.5) is 0 Å². The fraction of sp³-hybridized carbons (Fsp3) is 0.625. The molecule has 0 bridgehead atoms. The van der Waals surface area contributed by atoms with Gasteiger partial charge in [-0.15, -0.1) is 0 Å². The lowest BCUT2D eigenvalue weighted by molar-refractivity contribution is 0.0989. The molecule has 1 aromatic rings. The summed E-state index contributed by atoms with van der Waals surface area (Å²) in [6, 6.07) is 8.15. The Kier molecular flexibility index (Phi) is 9.30. The maximum Gasteiger partial charge on any atom is 0.297 e. The molecule has 0 saturated heterocycles. The summed E-state index contributed by atoms with van der Waals surface area (Å²) >= 11 is 0. The van der Waals surface area contributed by atoms with E-state index in [0.717, 1.165) is 6.42 Å². The Hall–Kier alpha value is -0.910. The summed E-state index contributed by atoms with van der Waals surface area (Å²) in [5.41, 5.74) is 0. The van der Waals surface area contributed by atoms with Gasteiger partial charge in [0.2, 0.25) is 0 Å². The van der Waals surface area contributed by atoms with E-state index in [-0.39, 0.29) is 11.5 Å². The van der Waals surface area contributed by atoms with Crippen LogP contribution >= 0.6 is 0 Å². The van der Waals surface area contributed by atoms with E-state index in [4.69, 9.17) is 8.92 Å². The van der Waals surface area contributed by atoms with E-state index >= 15 is 0 Å². The zero-order valence-corrected chi connectivity index (χ0v) is 13.6. The molecule has 0 aliphatic rings. The van der Waals surface area contributed by atoms with E-state index in [1.165, 1.54) is 44.2 Å². The van der Waals surface area contributed by atoms with Gasteiger partial charge in [0.25, 0.3) is 10.1 Å². The van der Waals surface area contributed by atoms with Crippen LogP contribution in [-0.4, -0.2) is 28.2 Å². The van der Waals surface area contributed by atoms with Crippen molar-refractivity contribution in [2.24, 2.45) is 0 Å². The summed E-state index contributed by atoms with van der Waals surface area (Å²) in [6.45, 7) is 3.24. The molecule has 4 nitrogen and oxygen atoms in total. The van der Waals surface area contributed by atoms with Crippen molar-refractivity contribution < 1.29 is 17.3 Å². The van der Waals surface area contributed by atoms with E-state index in [9.17, 15) is 8.42 Å². The monoisotopic (exact) mass is 314 g/mol. The molecular weight excluding hydrogens is 288 g/mol. The van der Waals surface area contributed by atoms with Crippen LogP contribution < -0.4 is 0 Å². The van der Waals surface area contributed by atoms with Gasteiger partial charge >= 0.3 is 0 Å². The topological polar surface area (TPSA) is 52.6 Å². The van der Waals surface area contributed by atoms with Crippen molar-refractivity contribution in [3.63, 3.8) is 0 Å². The largest absolute Gasteiger partial charge is 0.379 e. The molecule has 5 heteroatoms. The maximum atomic E-state index is 11.8. The van der Waals surface area contributed by atoms with Crippen molar-refractivity contribution in [2.45, 2.75) is 50.3 Å². The predicted molar refractivity (Wildman–Crippen MR) is 83.8 cm³/mol. The molecule has 0 atom stereocenters. The Balaban J connectivity index is 2.04.